The molecule has 0 atom stereocenters. The Labute approximate surface area is 87.6 Å². The Balaban J connectivity index is 3.18. The van der Waals surface area contributed by atoms with Gasteiger partial charge in [0, 0.05) is 4.90 Å². The predicted molar refractivity (Wildman–Crippen MR) is 58.5 cm³/mol. The van der Waals surface area contributed by atoms with Crippen LogP contribution in [0.5, 0.6) is 0 Å². The predicted octanol–water partition coefficient (Wildman–Crippen LogP) is 1.32. The molecule has 0 spiro atoms. The monoisotopic (exact) mass is 212 g/mol. The number of ether oxygens (including phenoxy) is 1. The van der Waals surface area contributed by atoms with Gasteiger partial charge in [-0.3, -0.25) is 0 Å². The van der Waals surface area contributed by atoms with E-state index in [1.807, 2.05) is 0 Å². The lowest BCUT2D eigenvalue weighted by Crippen LogP contribution is -2.10. The number of anilines is 2. The molecule has 0 unspecified atom stereocenters. The third-order valence-corrected chi connectivity index (χ3v) is 2.11. The van der Waals surface area contributed by atoms with Crippen LogP contribution in [0, 0.1) is 0 Å². The molecule has 0 aliphatic rings. The molecule has 4 nitrogen and oxygen atoms in total. The van der Waals surface area contributed by atoms with Crippen LogP contribution < -0.4 is 11.5 Å². The van der Waals surface area contributed by atoms with E-state index in [9.17, 15) is 4.79 Å². The van der Waals surface area contributed by atoms with Gasteiger partial charge in [0.15, 0.2) is 0 Å². The summed E-state index contributed by atoms with van der Waals surface area (Å²) in [5.41, 5.74) is 12.0. The lowest BCUT2D eigenvalue weighted by molar-refractivity contribution is 0.0524. The molecule has 76 valence electrons. The maximum absolute atomic E-state index is 11.4. The first-order chi connectivity index (χ1) is 6.57. The minimum atomic E-state index is -0.498. The van der Waals surface area contributed by atoms with Crippen molar-refractivity contribution in [3.63, 3.8) is 0 Å². The molecule has 0 radical (unpaired) electrons. The first kappa shape index (κ1) is 10.7. The molecular weight excluding hydrogens is 200 g/mol. The van der Waals surface area contributed by atoms with Gasteiger partial charge in [0.2, 0.25) is 0 Å². The molecule has 14 heavy (non-hydrogen) atoms. The number of rotatable bonds is 2. The van der Waals surface area contributed by atoms with Crippen molar-refractivity contribution < 1.29 is 9.53 Å². The second-order valence-electron chi connectivity index (χ2n) is 2.68. The van der Waals surface area contributed by atoms with Crippen molar-refractivity contribution in [2.24, 2.45) is 0 Å². The average molecular weight is 212 g/mol. The van der Waals surface area contributed by atoms with Crippen molar-refractivity contribution >= 4 is 30.0 Å². The Morgan fingerprint density at radius 2 is 2.14 bits per heavy atom. The number of hydrogen-bond acceptors (Lipinski definition) is 5. The maximum atomic E-state index is 11.4. The first-order valence-electron chi connectivity index (χ1n) is 4.12. The molecule has 1 rings (SSSR count). The second-order valence-corrected chi connectivity index (χ2v) is 3.16. The first-order valence-corrected chi connectivity index (χ1v) is 4.56. The highest BCUT2D eigenvalue weighted by molar-refractivity contribution is 7.80. The molecule has 0 saturated carbocycles. The van der Waals surface area contributed by atoms with Crippen LogP contribution in [0.25, 0.3) is 0 Å². The Hall–Kier alpha value is -1.36. The van der Waals surface area contributed by atoms with Gasteiger partial charge >= 0.3 is 5.97 Å². The zero-order chi connectivity index (χ0) is 10.7. The number of nitrogen functional groups attached to an aromatic ring is 2. The third-order valence-electron chi connectivity index (χ3n) is 1.74. The van der Waals surface area contributed by atoms with Crippen LogP contribution in [0.1, 0.15) is 17.3 Å². The quantitative estimate of drug-likeness (QED) is 0.392. The van der Waals surface area contributed by atoms with Crippen LogP contribution in [-0.4, -0.2) is 12.6 Å². The number of esters is 1. The number of benzene rings is 1. The topological polar surface area (TPSA) is 78.3 Å². The molecule has 4 N–H and O–H groups in total. The van der Waals surface area contributed by atoms with Crippen LogP contribution >= 0.6 is 12.6 Å². The van der Waals surface area contributed by atoms with E-state index in [0.717, 1.165) is 0 Å². The van der Waals surface area contributed by atoms with Crippen LogP contribution in [0.4, 0.5) is 11.4 Å². The van der Waals surface area contributed by atoms with Gasteiger partial charge in [0.1, 0.15) is 0 Å². The molecule has 0 saturated heterocycles. The normalized spacial score (nSPS) is 9.86. The zero-order valence-corrected chi connectivity index (χ0v) is 8.67. The molecule has 0 aliphatic heterocycles. The van der Waals surface area contributed by atoms with Gasteiger partial charge in [-0.1, -0.05) is 0 Å². The molecule has 0 fully saturated rings. The van der Waals surface area contributed by atoms with Crippen LogP contribution in [0.2, 0.25) is 0 Å². The van der Waals surface area contributed by atoms with Gasteiger partial charge in [-0.05, 0) is 19.1 Å². The fourth-order valence-electron chi connectivity index (χ4n) is 1.04. The Kier molecular flexibility index (Phi) is 3.24. The average Bonchev–Trinajstić information content (AvgIpc) is 2.13. The molecule has 1 aromatic rings. The molecule has 0 bridgehead atoms. The summed E-state index contributed by atoms with van der Waals surface area (Å²) in [4.78, 5) is 11.9. The van der Waals surface area contributed by atoms with E-state index < -0.39 is 5.97 Å². The van der Waals surface area contributed by atoms with Gasteiger partial charge < -0.3 is 16.2 Å². The van der Waals surface area contributed by atoms with Gasteiger partial charge in [0.25, 0.3) is 0 Å². The van der Waals surface area contributed by atoms with Crippen molar-refractivity contribution in [2.45, 2.75) is 11.8 Å². The fourth-order valence-corrected chi connectivity index (χ4v) is 1.33. The number of carbonyl (C=O) groups is 1. The summed E-state index contributed by atoms with van der Waals surface area (Å²) in [6, 6.07) is 3.21. The largest absolute Gasteiger partial charge is 0.462 e. The SMILES string of the molecule is CCOC(=O)c1c(S)ccc(N)c1N. The van der Waals surface area contributed by atoms with E-state index in [2.05, 4.69) is 12.6 Å². The standard InChI is InChI=1S/C9H12N2O2S/c1-2-13-9(12)7-6(14)4-3-5(10)8(7)11/h3-4,14H,2,10-11H2,1H3. The minimum absolute atomic E-state index is 0.218. The molecular formula is C9H12N2O2S. The zero-order valence-electron chi connectivity index (χ0n) is 7.78. The molecule has 5 heteroatoms. The lowest BCUT2D eigenvalue weighted by atomic mass is 10.1. The molecule has 0 amide bonds. The van der Waals surface area contributed by atoms with Gasteiger partial charge in [-0.15, -0.1) is 12.6 Å². The highest BCUT2D eigenvalue weighted by Crippen LogP contribution is 2.26. The third kappa shape index (κ3) is 1.93. The molecule has 1 aromatic carbocycles. The number of hydrogen-bond donors (Lipinski definition) is 3. The Morgan fingerprint density at radius 3 is 2.71 bits per heavy atom. The molecule has 0 aliphatic carbocycles. The van der Waals surface area contributed by atoms with Crippen LogP contribution in [0.3, 0.4) is 0 Å². The lowest BCUT2D eigenvalue weighted by Gasteiger charge is -2.09. The van der Waals surface area contributed by atoms with E-state index in [0.29, 0.717) is 17.2 Å². The van der Waals surface area contributed by atoms with Crippen LogP contribution in [0.15, 0.2) is 17.0 Å². The maximum Gasteiger partial charge on any atom is 0.341 e. The highest BCUT2D eigenvalue weighted by Gasteiger charge is 2.16. The minimum Gasteiger partial charge on any atom is -0.462 e. The summed E-state index contributed by atoms with van der Waals surface area (Å²) < 4.78 is 4.82. The van der Waals surface area contributed by atoms with Gasteiger partial charge in [-0.2, -0.15) is 0 Å². The second kappa shape index (κ2) is 4.23. The summed E-state index contributed by atoms with van der Waals surface area (Å²) in [7, 11) is 0. The number of nitrogens with two attached hydrogens (primary N) is 2. The summed E-state index contributed by atoms with van der Waals surface area (Å²) in [6.45, 7) is 2.01. The summed E-state index contributed by atoms with van der Waals surface area (Å²) in [5.74, 6) is -0.498. The Morgan fingerprint density at radius 1 is 1.50 bits per heavy atom. The van der Waals surface area contributed by atoms with E-state index >= 15 is 0 Å². The van der Waals surface area contributed by atoms with Crippen molar-refractivity contribution in [1.29, 1.82) is 0 Å². The molecule has 0 heterocycles. The summed E-state index contributed by atoms with van der Waals surface area (Å²) in [5, 5.41) is 0. The van der Waals surface area contributed by atoms with Crippen LogP contribution in [-0.2, 0) is 4.74 Å². The van der Waals surface area contributed by atoms with E-state index in [-0.39, 0.29) is 11.3 Å². The highest BCUT2D eigenvalue weighted by atomic mass is 32.1. The number of carbonyl (C=O) groups excluding carboxylic acids is 1. The number of thiol groups is 1. The van der Waals surface area contributed by atoms with Crippen molar-refractivity contribution in [3.8, 4) is 0 Å². The Bertz CT molecular complexity index is 366. The summed E-state index contributed by atoms with van der Waals surface area (Å²) >= 11 is 4.11. The molecule has 0 aromatic heterocycles. The van der Waals surface area contributed by atoms with Gasteiger partial charge in [0.05, 0.1) is 23.5 Å². The van der Waals surface area contributed by atoms with E-state index in [1.165, 1.54) is 0 Å². The van der Waals surface area contributed by atoms with Crippen molar-refractivity contribution in [3.05, 3.63) is 17.7 Å². The smallest absolute Gasteiger partial charge is 0.341 e. The van der Waals surface area contributed by atoms with E-state index in [4.69, 9.17) is 16.2 Å². The summed E-state index contributed by atoms with van der Waals surface area (Å²) in [6.07, 6.45) is 0. The fraction of sp³-hybridized carbons (Fsp3) is 0.222. The van der Waals surface area contributed by atoms with Crippen molar-refractivity contribution in [2.75, 3.05) is 18.1 Å². The van der Waals surface area contributed by atoms with E-state index in [1.54, 1.807) is 19.1 Å². The van der Waals surface area contributed by atoms with Crippen molar-refractivity contribution in [1.82, 2.24) is 0 Å². The van der Waals surface area contributed by atoms with Gasteiger partial charge in [-0.25, -0.2) is 4.79 Å².